The summed E-state index contributed by atoms with van der Waals surface area (Å²) in [6, 6.07) is 24.6. The molecule has 1 aliphatic carbocycles. The van der Waals surface area contributed by atoms with Gasteiger partial charge in [-0.2, -0.15) is 0 Å². The van der Waals surface area contributed by atoms with Gasteiger partial charge in [-0.15, -0.1) is 0 Å². The van der Waals surface area contributed by atoms with Gasteiger partial charge in [0.2, 0.25) is 0 Å². The fourth-order valence-electron chi connectivity index (χ4n) is 4.71. The summed E-state index contributed by atoms with van der Waals surface area (Å²) in [7, 11) is 0. The summed E-state index contributed by atoms with van der Waals surface area (Å²) in [6.45, 7) is 2.27. The summed E-state index contributed by atoms with van der Waals surface area (Å²) < 4.78 is 0. The number of hydrogen-bond donors (Lipinski definition) is 2. The number of carbonyl (C=O) groups is 1. The standard InChI is InChI=1S/C26H29NO2/c1-18(24-8-4-6-21-5-2-3-7-25(21)24)27-23-15-14-22(17-23)20-12-9-19(10-13-20)11-16-26(28)29/h2-10,12-13,18,22-23,27H,11,14-17H2,1H3,(H,28,29)/t18-,22?,23+/m1/s1. The highest BCUT2D eigenvalue weighted by molar-refractivity contribution is 5.86. The van der Waals surface area contributed by atoms with Crippen molar-refractivity contribution in [1.29, 1.82) is 0 Å². The minimum absolute atomic E-state index is 0.195. The van der Waals surface area contributed by atoms with E-state index in [0.29, 0.717) is 24.4 Å². The van der Waals surface area contributed by atoms with E-state index in [1.54, 1.807) is 0 Å². The van der Waals surface area contributed by atoms with Crippen LogP contribution in [-0.2, 0) is 11.2 Å². The van der Waals surface area contributed by atoms with E-state index in [2.05, 4.69) is 79.0 Å². The lowest BCUT2D eigenvalue weighted by atomic mass is 9.95. The van der Waals surface area contributed by atoms with E-state index in [0.717, 1.165) is 12.0 Å². The van der Waals surface area contributed by atoms with Crippen molar-refractivity contribution in [3.05, 3.63) is 83.4 Å². The number of nitrogens with one attached hydrogen (secondary N) is 1. The molecule has 2 N–H and O–H groups in total. The van der Waals surface area contributed by atoms with Crippen molar-refractivity contribution in [2.75, 3.05) is 0 Å². The van der Waals surface area contributed by atoms with E-state index in [-0.39, 0.29) is 6.42 Å². The van der Waals surface area contributed by atoms with Crippen LogP contribution in [0, 0.1) is 0 Å². The van der Waals surface area contributed by atoms with Gasteiger partial charge < -0.3 is 10.4 Å². The van der Waals surface area contributed by atoms with Crippen LogP contribution in [0.25, 0.3) is 10.8 Å². The normalized spacial score (nSPS) is 20.0. The number of benzene rings is 3. The van der Waals surface area contributed by atoms with Crippen LogP contribution in [0.4, 0.5) is 0 Å². The third kappa shape index (κ3) is 4.68. The van der Waals surface area contributed by atoms with E-state index in [4.69, 9.17) is 5.11 Å². The number of rotatable bonds is 7. The Hall–Kier alpha value is -2.65. The zero-order valence-electron chi connectivity index (χ0n) is 17.0. The molecule has 29 heavy (non-hydrogen) atoms. The van der Waals surface area contributed by atoms with Crippen LogP contribution >= 0.6 is 0 Å². The number of hydrogen-bond acceptors (Lipinski definition) is 2. The third-order valence-corrected chi connectivity index (χ3v) is 6.29. The number of carboxylic acid groups (broad SMARTS) is 1. The Morgan fingerprint density at radius 3 is 2.59 bits per heavy atom. The van der Waals surface area contributed by atoms with Gasteiger partial charge in [0.15, 0.2) is 0 Å². The smallest absolute Gasteiger partial charge is 0.303 e. The van der Waals surface area contributed by atoms with Crippen molar-refractivity contribution in [3.8, 4) is 0 Å². The lowest BCUT2D eigenvalue weighted by molar-refractivity contribution is -0.136. The van der Waals surface area contributed by atoms with Crippen LogP contribution < -0.4 is 5.32 Å². The van der Waals surface area contributed by atoms with Gasteiger partial charge in [0.25, 0.3) is 0 Å². The molecule has 4 rings (SSSR count). The van der Waals surface area contributed by atoms with Crippen LogP contribution in [0.5, 0.6) is 0 Å². The van der Waals surface area contributed by atoms with Crippen molar-refractivity contribution in [2.24, 2.45) is 0 Å². The summed E-state index contributed by atoms with van der Waals surface area (Å²) in [5.74, 6) is -0.153. The van der Waals surface area contributed by atoms with Gasteiger partial charge in [-0.25, -0.2) is 0 Å². The Labute approximate surface area is 172 Å². The average Bonchev–Trinajstić information content (AvgIpc) is 3.20. The first-order valence-corrected chi connectivity index (χ1v) is 10.6. The van der Waals surface area contributed by atoms with Gasteiger partial charge in [-0.1, -0.05) is 66.7 Å². The zero-order chi connectivity index (χ0) is 20.2. The molecule has 1 fully saturated rings. The van der Waals surface area contributed by atoms with Gasteiger partial charge in [0, 0.05) is 18.5 Å². The second-order valence-corrected chi connectivity index (χ2v) is 8.30. The molecule has 1 saturated carbocycles. The van der Waals surface area contributed by atoms with Gasteiger partial charge in [-0.3, -0.25) is 4.79 Å². The lowest BCUT2D eigenvalue weighted by Crippen LogP contribution is -2.29. The molecule has 0 spiro atoms. The Bertz CT molecular complexity index is 974. The van der Waals surface area contributed by atoms with Crippen molar-refractivity contribution in [1.82, 2.24) is 5.32 Å². The Morgan fingerprint density at radius 1 is 1.03 bits per heavy atom. The minimum atomic E-state index is -0.737. The Balaban J connectivity index is 1.38. The average molecular weight is 388 g/mol. The van der Waals surface area contributed by atoms with Crippen LogP contribution in [0.1, 0.15) is 61.3 Å². The maximum atomic E-state index is 10.7. The SMILES string of the molecule is C[C@@H](N[C@H]1CCC(c2ccc(CCC(=O)O)cc2)C1)c1cccc2ccccc12. The number of aliphatic carboxylic acids is 1. The van der Waals surface area contributed by atoms with Crippen LogP contribution in [0.3, 0.4) is 0 Å². The maximum absolute atomic E-state index is 10.7. The lowest BCUT2D eigenvalue weighted by Gasteiger charge is -2.21. The van der Waals surface area contributed by atoms with Gasteiger partial charge in [0.05, 0.1) is 0 Å². The highest BCUT2D eigenvalue weighted by Gasteiger charge is 2.27. The largest absolute Gasteiger partial charge is 0.481 e. The first kappa shape index (κ1) is 19.7. The van der Waals surface area contributed by atoms with Crippen molar-refractivity contribution < 1.29 is 9.90 Å². The zero-order valence-corrected chi connectivity index (χ0v) is 17.0. The molecule has 3 atom stereocenters. The fraction of sp³-hybridized carbons (Fsp3) is 0.346. The fourth-order valence-corrected chi connectivity index (χ4v) is 4.71. The molecule has 3 nitrogen and oxygen atoms in total. The molecule has 3 heteroatoms. The molecule has 0 saturated heterocycles. The van der Waals surface area contributed by atoms with E-state index < -0.39 is 5.97 Å². The van der Waals surface area contributed by atoms with Crippen molar-refractivity contribution in [3.63, 3.8) is 0 Å². The molecule has 0 aromatic heterocycles. The quantitative estimate of drug-likeness (QED) is 0.535. The minimum Gasteiger partial charge on any atom is -0.481 e. The summed E-state index contributed by atoms with van der Waals surface area (Å²) in [4.78, 5) is 10.7. The molecule has 3 aromatic carbocycles. The predicted octanol–water partition coefficient (Wildman–Crippen LogP) is 5.84. The van der Waals surface area contributed by atoms with Crippen LogP contribution in [-0.4, -0.2) is 17.1 Å². The van der Waals surface area contributed by atoms with Gasteiger partial charge in [0.1, 0.15) is 0 Å². The molecular formula is C26H29NO2. The van der Waals surface area contributed by atoms with E-state index >= 15 is 0 Å². The molecule has 3 aromatic rings. The van der Waals surface area contributed by atoms with E-state index in [1.165, 1.54) is 34.7 Å². The molecular weight excluding hydrogens is 358 g/mol. The molecule has 0 radical (unpaired) electrons. The van der Waals surface area contributed by atoms with Gasteiger partial charge >= 0.3 is 5.97 Å². The summed E-state index contributed by atoms with van der Waals surface area (Å²) >= 11 is 0. The summed E-state index contributed by atoms with van der Waals surface area (Å²) in [5, 5.41) is 15.3. The van der Waals surface area contributed by atoms with Crippen LogP contribution in [0.2, 0.25) is 0 Å². The molecule has 0 aliphatic heterocycles. The molecule has 1 unspecified atom stereocenters. The molecule has 1 aliphatic rings. The molecule has 150 valence electrons. The first-order valence-electron chi connectivity index (χ1n) is 10.6. The maximum Gasteiger partial charge on any atom is 0.303 e. The number of carboxylic acids is 1. The second kappa shape index (κ2) is 8.79. The highest BCUT2D eigenvalue weighted by Crippen LogP contribution is 2.36. The van der Waals surface area contributed by atoms with E-state index in [1.807, 2.05) is 0 Å². The van der Waals surface area contributed by atoms with E-state index in [9.17, 15) is 4.79 Å². The third-order valence-electron chi connectivity index (χ3n) is 6.29. The predicted molar refractivity (Wildman–Crippen MR) is 118 cm³/mol. The van der Waals surface area contributed by atoms with Crippen molar-refractivity contribution in [2.45, 2.75) is 57.0 Å². The summed E-state index contributed by atoms with van der Waals surface area (Å²) in [5.41, 5.74) is 3.86. The Kier molecular flexibility index (Phi) is 5.96. The second-order valence-electron chi connectivity index (χ2n) is 8.30. The highest BCUT2D eigenvalue weighted by atomic mass is 16.4. The molecule has 0 amide bonds. The van der Waals surface area contributed by atoms with Crippen molar-refractivity contribution >= 4 is 16.7 Å². The Morgan fingerprint density at radius 2 is 1.79 bits per heavy atom. The van der Waals surface area contributed by atoms with Crippen LogP contribution in [0.15, 0.2) is 66.7 Å². The van der Waals surface area contributed by atoms with Gasteiger partial charge in [-0.05, 0) is 66.0 Å². The summed E-state index contributed by atoms with van der Waals surface area (Å²) in [6.07, 6.45) is 4.35. The topological polar surface area (TPSA) is 49.3 Å². The molecule has 0 heterocycles. The number of aryl methyl sites for hydroxylation is 1. The first-order chi connectivity index (χ1) is 14.1. The monoisotopic (exact) mass is 387 g/mol. The molecule has 0 bridgehead atoms. The number of fused-ring (bicyclic) bond motifs is 1.